The Hall–Kier alpha value is -0.290. The number of halogens is 2. The Morgan fingerprint density at radius 3 is 3.08 bits per heavy atom. The molecule has 0 spiro atoms. The highest BCUT2D eigenvalue weighted by atomic mass is 35.5. The summed E-state index contributed by atoms with van der Waals surface area (Å²) in [5, 5.41) is 13.7. The van der Waals surface area contributed by atoms with Crippen molar-refractivity contribution >= 4 is 27.8 Å². The third-order valence-corrected chi connectivity index (χ3v) is 1.73. The molecule has 13 heavy (non-hydrogen) atoms. The first kappa shape index (κ1) is 10.8. The highest BCUT2D eigenvalue weighted by Gasteiger charge is 2.09. The second-order valence-corrected chi connectivity index (χ2v) is 3.55. The fourth-order valence-corrected chi connectivity index (χ4v) is 1.16. The van der Waals surface area contributed by atoms with E-state index in [4.69, 9.17) is 33.2 Å². The molecule has 0 radical (unpaired) electrons. The van der Waals surface area contributed by atoms with Crippen LogP contribution in [0.15, 0.2) is 16.8 Å². The Kier molecular flexibility index (Phi) is 4.52. The summed E-state index contributed by atoms with van der Waals surface area (Å²) < 4.78 is -0.155. The van der Waals surface area contributed by atoms with E-state index >= 15 is 0 Å². The molecule has 0 aliphatic carbocycles. The van der Waals surface area contributed by atoms with Gasteiger partial charge < -0.3 is 10.0 Å². The van der Waals surface area contributed by atoms with Gasteiger partial charge in [-0.1, -0.05) is 11.2 Å². The first-order chi connectivity index (χ1) is 6.18. The summed E-state index contributed by atoms with van der Waals surface area (Å²) in [7, 11) is 0. The second kappa shape index (κ2) is 5.44. The van der Waals surface area contributed by atoms with E-state index in [1.165, 1.54) is 5.06 Å². The van der Waals surface area contributed by atoms with E-state index < -0.39 is 0 Å². The zero-order valence-corrected chi connectivity index (χ0v) is 8.42. The standard InChI is InChI=1S/C7H10Cl2N2O2/c8-7(9)10-13-5-6-2-1-3-11(12)4-6/h2,12H,1,3-5H2. The third-order valence-electron chi connectivity index (χ3n) is 1.59. The van der Waals surface area contributed by atoms with Crippen LogP contribution in [0.4, 0.5) is 0 Å². The van der Waals surface area contributed by atoms with Gasteiger partial charge in [-0.05, 0) is 35.2 Å². The maximum atomic E-state index is 9.14. The number of hydroxylamine groups is 2. The summed E-state index contributed by atoms with van der Waals surface area (Å²) in [5.41, 5.74) is 0.965. The van der Waals surface area contributed by atoms with Crippen molar-refractivity contribution in [1.29, 1.82) is 0 Å². The molecule has 0 aromatic heterocycles. The predicted molar refractivity (Wildman–Crippen MR) is 51.2 cm³/mol. The van der Waals surface area contributed by atoms with E-state index in [-0.39, 0.29) is 4.63 Å². The van der Waals surface area contributed by atoms with Crippen molar-refractivity contribution < 1.29 is 10.0 Å². The SMILES string of the molecule is ON1CCC=C(CON=C(Cl)Cl)C1. The summed E-state index contributed by atoms with van der Waals surface area (Å²) in [6, 6.07) is 0. The minimum absolute atomic E-state index is 0.155. The molecule has 0 fully saturated rings. The van der Waals surface area contributed by atoms with Crippen LogP contribution < -0.4 is 0 Å². The van der Waals surface area contributed by atoms with Gasteiger partial charge in [0.05, 0.1) is 0 Å². The molecule has 0 aromatic carbocycles. The smallest absolute Gasteiger partial charge is 0.235 e. The van der Waals surface area contributed by atoms with E-state index in [1.807, 2.05) is 6.08 Å². The normalized spacial score (nSPS) is 17.9. The molecule has 0 amide bonds. The Morgan fingerprint density at radius 2 is 2.46 bits per heavy atom. The zero-order chi connectivity index (χ0) is 9.68. The molecule has 1 N–H and O–H groups in total. The molecule has 1 heterocycles. The van der Waals surface area contributed by atoms with Crippen molar-refractivity contribution in [3.05, 3.63) is 11.6 Å². The molecule has 1 aliphatic heterocycles. The van der Waals surface area contributed by atoms with Gasteiger partial charge in [0.25, 0.3) is 0 Å². The van der Waals surface area contributed by atoms with Crippen LogP contribution in [0, 0.1) is 0 Å². The van der Waals surface area contributed by atoms with Gasteiger partial charge in [0, 0.05) is 13.1 Å². The first-order valence-electron chi connectivity index (χ1n) is 3.81. The second-order valence-electron chi connectivity index (χ2n) is 2.64. The molecular weight excluding hydrogens is 215 g/mol. The summed E-state index contributed by atoms with van der Waals surface area (Å²) in [6.07, 6.45) is 2.82. The third kappa shape index (κ3) is 4.47. The van der Waals surface area contributed by atoms with Crippen molar-refractivity contribution in [2.24, 2.45) is 5.16 Å². The van der Waals surface area contributed by atoms with Crippen LogP contribution in [0.25, 0.3) is 0 Å². The number of nitrogens with zero attached hydrogens (tertiary/aromatic N) is 2. The number of hydrogen-bond acceptors (Lipinski definition) is 4. The van der Waals surface area contributed by atoms with Gasteiger partial charge in [-0.3, -0.25) is 0 Å². The Balaban J connectivity index is 2.29. The number of hydrogen-bond donors (Lipinski definition) is 1. The van der Waals surface area contributed by atoms with E-state index in [1.54, 1.807) is 0 Å². The molecule has 0 saturated carbocycles. The number of oxime groups is 1. The highest BCUT2D eigenvalue weighted by Crippen LogP contribution is 2.08. The van der Waals surface area contributed by atoms with Gasteiger partial charge in [0.15, 0.2) is 0 Å². The Bertz CT molecular complexity index is 227. The molecule has 1 aliphatic rings. The Morgan fingerprint density at radius 1 is 1.69 bits per heavy atom. The van der Waals surface area contributed by atoms with Gasteiger partial charge in [-0.15, -0.1) is 0 Å². The van der Waals surface area contributed by atoms with E-state index in [0.29, 0.717) is 19.7 Å². The summed E-state index contributed by atoms with van der Waals surface area (Å²) in [6.45, 7) is 1.44. The molecule has 1 rings (SSSR count). The van der Waals surface area contributed by atoms with E-state index in [0.717, 1.165) is 12.0 Å². The number of rotatable bonds is 3. The van der Waals surface area contributed by atoms with Gasteiger partial charge in [-0.25, -0.2) is 0 Å². The van der Waals surface area contributed by atoms with Crippen LogP contribution >= 0.6 is 23.2 Å². The molecule has 0 bridgehead atoms. The molecule has 0 unspecified atom stereocenters. The lowest BCUT2D eigenvalue weighted by Gasteiger charge is -2.20. The zero-order valence-electron chi connectivity index (χ0n) is 6.91. The maximum absolute atomic E-state index is 9.14. The molecule has 4 nitrogen and oxygen atoms in total. The molecule has 0 aromatic rings. The lowest BCUT2D eigenvalue weighted by molar-refractivity contribution is -0.0866. The molecule has 0 saturated heterocycles. The fraction of sp³-hybridized carbons (Fsp3) is 0.571. The lowest BCUT2D eigenvalue weighted by Crippen LogP contribution is -2.27. The predicted octanol–water partition coefficient (Wildman–Crippen LogP) is 1.77. The average molecular weight is 225 g/mol. The topological polar surface area (TPSA) is 45.1 Å². The van der Waals surface area contributed by atoms with Crippen LogP contribution in [0.1, 0.15) is 6.42 Å². The minimum atomic E-state index is -0.155. The molecule has 0 atom stereocenters. The van der Waals surface area contributed by atoms with Crippen molar-refractivity contribution in [2.75, 3.05) is 19.7 Å². The average Bonchev–Trinajstić information content (AvgIpc) is 2.03. The molecule has 6 heteroatoms. The van der Waals surface area contributed by atoms with E-state index in [2.05, 4.69) is 5.16 Å². The van der Waals surface area contributed by atoms with E-state index in [9.17, 15) is 0 Å². The molecular formula is C7H10Cl2N2O2. The van der Waals surface area contributed by atoms with Crippen molar-refractivity contribution in [2.45, 2.75) is 6.42 Å². The van der Waals surface area contributed by atoms with Gasteiger partial charge in [-0.2, -0.15) is 5.06 Å². The lowest BCUT2D eigenvalue weighted by atomic mass is 10.1. The Labute approximate surface area is 86.3 Å². The van der Waals surface area contributed by atoms with Crippen molar-refractivity contribution in [1.82, 2.24) is 5.06 Å². The minimum Gasteiger partial charge on any atom is -0.389 e. The first-order valence-corrected chi connectivity index (χ1v) is 4.57. The van der Waals surface area contributed by atoms with Gasteiger partial charge >= 0.3 is 0 Å². The van der Waals surface area contributed by atoms with Crippen LogP contribution in [0.3, 0.4) is 0 Å². The van der Waals surface area contributed by atoms with Gasteiger partial charge in [0.1, 0.15) is 6.61 Å². The highest BCUT2D eigenvalue weighted by molar-refractivity contribution is 6.95. The fourth-order valence-electron chi connectivity index (χ4n) is 1.06. The van der Waals surface area contributed by atoms with Gasteiger partial charge in [0.2, 0.25) is 4.63 Å². The maximum Gasteiger partial charge on any atom is 0.235 e. The van der Waals surface area contributed by atoms with Crippen molar-refractivity contribution in [3.63, 3.8) is 0 Å². The summed E-state index contributed by atoms with van der Waals surface area (Å²) in [4.78, 5) is 4.80. The summed E-state index contributed by atoms with van der Waals surface area (Å²) >= 11 is 10.5. The van der Waals surface area contributed by atoms with Crippen LogP contribution in [-0.2, 0) is 4.84 Å². The largest absolute Gasteiger partial charge is 0.389 e. The van der Waals surface area contributed by atoms with Crippen LogP contribution in [0.5, 0.6) is 0 Å². The van der Waals surface area contributed by atoms with Crippen molar-refractivity contribution in [3.8, 4) is 0 Å². The monoisotopic (exact) mass is 224 g/mol. The van der Waals surface area contributed by atoms with Crippen LogP contribution in [0.2, 0.25) is 0 Å². The molecule has 74 valence electrons. The van der Waals surface area contributed by atoms with Crippen LogP contribution in [-0.4, -0.2) is 34.6 Å². The quantitative estimate of drug-likeness (QED) is 0.452. The summed E-state index contributed by atoms with van der Waals surface area (Å²) in [5.74, 6) is 0.